The van der Waals surface area contributed by atoms with Crippen LogP contribution in [0.1, 0.15) is 86.3 Å². The first-order valence-electron chi connectivity index (χ1n) is 12.7. The molecule has 0 aromatic heterocycles. The van der Waals surface area contributed by atoms with Gasteiger partial charge in [-0.05, 0) is 63.4 Å². The number of ether oxygens (including phenoxy) is 3. The number of benzene rings is 1. The van der Waals surface area contributed by atoms with E-state index in [9.17, 15) is 9.59 Å². The Balaban J connectivity index is 1.65. The van der Waals surface area contributed by atoms with Crippen LogP contribution in [-0.4, -0.2) is 54.4 Å². The van der Waals surface area contributed by atoms with E-state index in [-0.39, 0.29) is 24.3 Å². The summed E-state index contributed by atoms with van der Waals surface area (Å²) in [5.41, 5.74) is 3.62. The molecule has 1 atom stereocenters. The average Bonchev–Trinajstić information content (AvgIpc) is 3.06. The van der Waals surface area contributed by atoms with Crippen molar-refractivity contribution < 1.29 is 23.8 Å². The van der Waals surface area contributed by atoms with Gasteiger partial charge in [-0.2, -0.15) is 0 Å². The van der Waals surface area contributed by atoms with Crippen LogP contribution in [0.25, 0.3) is 11.6 Å². The van der Waals surface area contributed by atoms with Crippen molar-refractivity contribution in [1.29, 1.82) is 0 Å². The zero-order valence-electron chi connectivity index (χ0n) is 20.6. The maximum Gasteiger partial charge on any atom is 0.193 e. The number of hydrogen-bond donors (Lipinski definition) is 0. The molecule has 4 aliphatic heterocycles. The standard InChI is InChI=1S/C28H35NO5/c1-4-8-18-13-19(30)16-32-27-24(18)22-17-33-28(2,3)10-9-21(22)26-25(27)23(31)14-20(34-26)15-29-11-6-5-7-12-29/h9-10,13,20H,4-8,11-12,14-17H2,1-3H3. The molecule has 4 aliphatic rings. The third-order valence-corrected chi connectivity index (χ3v) is 7.21. The van der Waals surface area contributed by atoms with E-state index < -0.39 is 5.60 Å². The minimum absolute atomic E-state index is 0.0327. The van der Waals surface area contributed by atoms with Gasteiger partial charge in [-0.25, -0.2) is 0 Å². The number of hydrogen-bond acceptors (Lipinski definition) is 6. The number of rotatable bonds is 4. The van der Waals surface area contributed by atoms with Crippen LogP contribution < -0.4 is 9.47 Å². The Bertz CT molecular complexity index is 1060. The van der Waals surface area contributed by atoms with Crippen molar-refractivity contribution in [3.63, 3.8) is 0 Å². The highest BCUT2D eigenvalue weighted by Gasteiger charge is 2.38. The predicted octanol–water partition coefficient (Wildman–Crippen LogP) is 4.97. The van der Waals surface area contributed by atoms with Gasteiger partial charge in [0.1, 0.15) is 23.2 Å². The molecule has 0 amide bonds. The molecule has 0 saturated carbocycles. The van der Waals surface area contributed by atoms with Crippen LogP contribution in [0.15, 0.2) is 12.2 Å². The Morgan fingerprint density at radius 2 is 1.85 bits per heavy atom. The van der Waals surface area contributed by atoms with Crippen LogP contribution in [0.2, 0.25) is 0 Å². The fraction of sp³-hybridized carbons (Fsp3) is 0.571. The summed E-state index contributed by atoms with van der Waals surface area (Å²) in [5, 5.41) is 0. The summed E-state index contributed by atoms with van der Waals surface area (Å²) in [6, 6.07) is 0. The van der Waals surface area contributed by atoms with Crippen LogP contribution >= 0.6 is 0 Å². The van der Waals surface area contributed by atoms with E-state index in [1.807, 2.05) is 26.0 Å². The van der Waals surface area contributed by atoms with Gasteiger partial charge < -0.3 is 14.2 Å². The third-order valence-electron chi connectivity index (χ3n) is 7.21. The first-order chi connectivity index (χ1) is 16.4. The van der Waals surface area contributed by atoms with E-state index in [1.54, 1.807) is 6.08 Å². The van der Waals surface area contributed by atoms with Gasteiger partial charge in [0, 0.05) is 24.1 Å². The molecular weight excluding hydrogens is 430 g/mol. The van der Waals surface area contributed by atoms with Gasteiger partial charge in [0.2, 0.25) is 0 Å². The fourth-order valence-corrected chi connectivity index (χ4v) is 5.51. The van der Waals surface area contributed by atoms with Crippen LogP contribution in [0.4, 0.5) is 0 Å². The van der Waals surface area contributed by atoms with E-state index in [4.69, 9.17) is 14.2 Å². The maximum atomic E-state index is 13.6. The minimum Gasteiger partial charge on any atom is -0.487 e. The van der Waals surface area contributed by atoms with E-state index in [2.05, 4.69) is 11.8 Å². The lowest BCUT2D eigenvalue weighted by Crippen LogP contribution is -2.41. The van der Waals surface area contributed by atoms with Crippen LogP contribution in [0.3, 0.4) is 0 Å². The molecule has 4 heterocycles. The van der Waals surface area contributed by atoms with Crippen LogP contribution in [0.5, 0.6) is 11.5 Å². The van der Waals surface area contributed by atoms with Crippen LogP contribution in [-0.2, 0) is 16.1 Å². The molecule has 6 nitrogen and oxygen atoms in total. The molecule has 0 bridgehead atoms. The zero-order valence-corrected chi connectivity index (χ0v) is 20.6. The van der Waals surface area contributed by atoms with Crippen molar-refractivity contribution in [3.05, 3.63) is 34.4 Å². The van der Waals surface area contributed by atoms with Gasteiger partial charge in [-0.15, -0.1) is 0 Å². The second kappa shape index (κ2) is 9.31. The number of Topliss-reactive ketones (excluding diaryl/α,β-unsaturated/α-hetero) is 1. The number of carbonyl (C=O) groups is 2. The number of fused-ring (bicyclic) bond motifs is 6. The minimum atomic E-state index is -0.458. The first kappa shape index (κ1) is 23.3. The fourth-order valence-electron chi connectivity index (χ4n) is 5.51. The van der Waals surface area contributed by atoms with Gasteiger partial charge >= 0.3 is 0 Å². The number of likely N-dealkylation sites (tertiary alicyclic amines) is 1. The SMILES string of the molecule is CCCC1=CC(=O)COc2c1c1c(c3c2C(=O)CC(CN2CCCCC2)O3)C=CC(C)(C)OC1. The second-order valence-corrected chi connectivity index (χ2v) is 10.4. The third kappa shape index (κ3) is 4.46. The van der Waals surface area contributed by atoms with E-state index in [0.29, 0.717) is 30.1 Å². The number of piperidine rings is 1. The lowest BCUT2D eigenvalue weighted by atomic mass is 9.85. The summed E-state index contributed by atoms with van der Waals surface area (Å²) >= 11 is 0. The van der Waals surface area contributed by atoms with Crippen molar-refractivity contribution in [2.24, 2.45) is 0 Å². The molecule has 182 valence electrons. The van der Waals surface area contributed by atoms with Crippen molar-refractivity contribution in [2.75, 3.05) is 26.2 Å². The Kier molecular flexibility index (Phi) is 6.38. The smallest absolute Gasteiger partial charge is 0.193 e. The molecule has 6 heteroatoms. The molecule has 5 rings (SSSR count). The molecule has 0 spiro atoms. The lowest BCUT2D eigenvalue weighted by molar-refractivity contribution is -0.116. The van der Waals surface area contributed by atoms with E-state index in [0.717, 1.165) is 54.7 Å². The molecule has 1 fully saturated rings. The normalized spacial score (nSPS) is 24.1. The highest BCUT2D eigenvalue weighted by molar-refractivity contribution is 6.08. The van der Waals surface area contributed by atoms with Gasteiger partial charge in [0.15, 0.2) is 18.2 Å². The number of ketones is 2. The van der Waals surface area contributed by atoms with Gasteiger partial charge in [-0.1, -0.05) is 31.9 Å². The van der Waals surface area contributed by atoms with Crippen molar-refractivity contribution in [1.82, 2.24) is 4.90 Å². The Hall–Kier alpha value is -2.44. The summed E-state index contributed by atoms with van der Waals surface area (Å²) in [6.45, 7) is 9.29. The molecule has 0 aliphatic carbocycles. The van der Waals surface area contributed by atoms with Crippen molar-refractivity contribution in [3.8, 4) is 11.5 Å². The molecule has 1 aromatic rings. The Labute approximate surface area is 201 Å². The van der Waals surface area contributed by atoms with E-state index >= 15 is 0 Å². The summed E-state index contributed by atoms with van der Waals surface area (Å²) in [6.07, 6.45) is 11.2. The topological polar surface area (TPSA) is 65.1 Å². The van der Waals surface area contributed by atoms with Crippen molar-refractivity contribution >= 4 is 23.2 Å². The van der Waals surface area contributed by atoms with Crippen molar-refractivity contribution in [2.45, 2.75) is 77.6 Å². The van der Waals surface area contributed by atoms with Gasteiger partial charge in [0.05, 0.1) is 12.2 Å². The number of carbonyl (C=O) groups excluding carboxylic acids is 2. The molecule has 1 saturated heterocycles. The first-order valence-corrected chi connectivity index (χ1v) is 12.7. The highest BCUT2D eigenvalue weighted by atomic mass is 16.5. The largest absolute Gasteiger partial charge is 0.487 e. The Morgan fingerprint density at radius 3 is 2.62 bits per heavy atom. The summed E-state index contributed by atoms with van der Waals surface area (Å²) in [4.78, 5) is 28.6. The van der Waals surface area contributed by atoms with Gasteiger partial charge in [-0.3, -0.25) is 14.5 Å². The Morgan fingerprint density at radius 1 is 1.06 bits per heavy atom. The quantitative estimate of drug-likeness (QED) is 0.625. The molecule has 1 aromatic carbocycles. The number of allylic oxidation sites excluding steroid dienone is 1. The lowest BCUT2D eigenvalue weighted by Gasteiger charge is -2.34. The summed E-state index contributed by atoms with van der Waals surface area (Å²) < 4.78 is 18.9. The number of nitrogens with zero attached hydrogens (tertiary/aromatic N) is 1. The summed E-state index contributed by atoms with van der Waals surface area (Å²) in [7, 11) is 0. The zero-order chi connectivity index (χ0) is 23.9. The molecule has 1 unspecified atom stereocenters. The maximum absolute atomic E-state index is 13.6. The van der Waals surface area contributed by atoms with E-state index in [1.165, 1.54) is 19.3 Å². The van der Waals surface area contributed by atoms with Crippen LogP contribution in [0, 0.1) is 0 Å². The average molecular weight is 466 g/mol. The second-order valence-electron chi connectivity index (χ2n) is 10.4. The van der Waals surface area contributed by atoms with Gasteiger partial charge in [0.25, 0.3) is 0 Å². The molecular formula is C28H35NO5. The highest BCUT2D eigenvalue weighted by Crippen LogP contribution is 2.49. The molecule has 0 radical (unpaired) electrons. The summed E-state index contributed by atoms with van der Waals surface area (Å²) in [5.74, 6) is 1.04. The predicted molar refractivity (Wildman–Crippen MR) is 131 cm³/mol. The molecule has 0 N–H and O–H groups in total. The molecule has 34 heavy (non-hydrogen) atoms. The monoisotopic (exact) mass is 465 g/mol.